The van der Waals surface area contributed by atoms with E-state index in [0.717, 1.165) is 45.9 Å². The molecule has 0 saturated heterocycles. The van der Waals surface area contributed by atoms with Crippen LogP contribution in [0.3, 0.4) is 0 Å². The monoisotopic (exact) mass is 436 g/mol. The van der Waals surface area contributed by atoms with Crippen molar-refractivity contribution in [2.45, 2.75) is 13.5 Å². The predicted octanol–water partition coefficient (Wildman–Crippen LogP) is 5.19. The minimum absolute atomic E-state index is 0.103. The van der Waals surface area contributed by atoms with Gasteiger partial charge in [-0.2, -0.15) is 5.10 Å². The van der Waals surface area contributed by atoms with Crippen LogP contribution in [0.1, 0.15) is 12.5 Å². The van der Waals surface area contributed by atoms with E-state index in [-0.39, 0.29) is 5.91 Å². The van der Waals surface area contributed by atoms with E-state index in [2.05, 4.69) is 61.7 Å². The van der Waals surface area contributed by atoms with Crippen LogP contribution >= 0.6 is 0 Å². The molecule has 0 aliphatic heterocycles. The Morgan fingerprint density at radius 3 is 2.55 bits per heavy atom. The van der Waals surface area contributed by atoms with Gasteiger partial charge in [0.2, 0.25) is 5.91 Å². The molecule has 7 nitrogen and oxygen atoms in total. The number of nitrogens with zero attached hydrogens (tertiary/aromatic N) is 4. The molecule has 0 atom stereocenters. The Morgan fingerprint density at radius 1 is 0.970 bits per heavy atom. The third-order valence-electron chi connectivity index (χ3n) is 5.43. The topological polar surface area (TPSA) is 76.8 Å². The van der Waals surface area contributed by atoms with Crippen molar-refractivity contribution in [1.29, 1.82) is 0 Å². The summed E-state index contributed by atoms with van der Waals surface area (Å²) in [6.45, 7) is 2.23. The molecule has 5 rings (SSSR count). The van der Waals surface area contributed by atoms with Crippen LogP contribution in [0.2, 0.25) is 0 Å². The van der Waals surface area contributed by atoms with Gasteiger partial charge in [-0.1, -0.05) is 36.4 Å². The van der Waals surface area contributed by atoms with Crippen LogP contribution in [-0.2, 0) is 18.4 Å². The molecule has 3 aromatic heterocycles. The van der Waals surface area contributed by atoms with Crippen LogP contribution in [0, 0.1) is 0 Å². The van der Waals surface area contributed by atoms with Crippen molar-refractivity contribution < 1.29 is 4.79 Å². The maximum atomic E-state index is 11.4. The Bertz CT molecular complexity index is 1430. The van der Waals surface area contributed by atoms with Crippen LogP contribution in [0.25, 0.3) is 22.2 Å². The number of carbonyl (C=O) groups excluding carboxylic acids is 1. The molecule has 0 saturated carbocycles. The van der Waals surface area contributed by atoms with Crippen LogP contribution < -0.4 is 10.6 Å². The van der Waals surface area contributed by atoms with E-state index in [4.69, 9.17) is 0 Å². The van der Waals surface area contributed by atoms with E-state index >= 15 is 0 Å². The molecule has 7 heteroatoms. The normalized spacial score (nSPS) is 11.0. The molecule has 1 amide bonds. The number of carbonyl (C=O) groups is 1. The highest BCUT2D eigenvalue weighted by Gasteiger charge is 2.14. The van der Waals surface area contributed by atoms with E-state index in [1.165, 1.54) is 12.5 Å². The number of benzene rings is 2. The lowest BCUT2D eigenvalue weighted by atomic mass is 10.2. The molecule has 0 bridgehead atoms. The number of nitrogens with one attached hydrogen (secondary N) is 2. The summed E-state index contributed by atoms with van der Waals surface area (Å²) >= 11 is 0. The molecule has 0 spiro atoms. The summed E-state index contributed by atoms with van der Waals surface area (Å²) in [4.78, 5) is 16.0. The van der Waals surface area contributed by atoms with Gasteiger partial charge >= 0.3 is 0 Å². The predicted molar refractivity (Wildman–Crippen MR) is 132 cm³/mol. The maximum absolute atomic E-state index is 11.4. The number of pyridine rings is 1. The van der Waals surface area contributed by atoms with Crippen molar-refractivity contribution in [2.75, 3.05) is 10.6 Å². The van der Waals surface area contributed by atoms with Gasteiger partial charge in [-0.25, -0.2) is 4.98 Å². The van der Waals surface area contributed by atoms with Gasteiger partial charge in [0, 0.05) is 61.3 Å². The number of hydrogen-bond acceptors (Lipinski definition) is 4. The Labute approximate surface area is 191 Å². The standard InChI is InChI=1S/C26H24N6O/c1-18(33)29-22-9-6-10-23(12-22)30-26-13-25-20(14-27-26)11-24(21-15-28-31(2)17-21)32(25)16-19-7-4-3-5-8-19/h3-15,17H,16H2,1-2H3,(H,27,30)(H,29,33). The third-order valence-corrected chi connectivity index (χ3v) is 5.43. The second kappa shape index (κ2) is 8.63. The molecular weight excluding hydrogens is 412 g/mol. The molecule has 0 aliphatic rings. The molecule has 2 aromatic carbocycles. The van der Waals surface area contributed by atoms with E-state index < -0.39 is 0 Å². The van der Waals surface area contributed by atoms with Crippen LogP contribution in [0.15, 0.2) is 85.3 Å². The maximum Gasteiger partial charge on any atom is 0.221 e. The van der Waals surface area contributed by atoms with Gasteiger partial charge in [0.25, 0.3) is 0 Å². The fourth-order valence-corrected chi connectivity index (χ4v) is 3.98. The number of aromatic nitrogens is 4. The summed E-state index contributed by atoms with van der Waals surface area (Å²) in [5.41, 5.74) is 6.03. The average Bonchev–Trinajstić information content (AvgIpc) is 3.38. The number of amides is 1. The number of aryl methyl sites for hydroxylation is 1. The lowest BCUT2D eigenvalue weighted by Crippen LogP contribution is -2.06. The van der Waals surface area contributed by atoms with Crippen LogP contribution in [0.4, 0.5) is 17.2 Å². The fraction of sp³-hybridized carbons (Fsp3) is 0.115. The van der Waals surface area contributed by atoms with E-state index in [0.29, 0.717) is 0 Å². The zero-order valence-electron chi connectivity index (χ0n) is 18.5. The van der Waals surface area contributed by atoms with Crippen molar-refractivity contribution in [3.63, 3.8) is 0 Å². The smallest absolute Gasteiger partial charge is 0.221 e. The SMILES string of the molecule is CC(=O)Nc1cccc(Nc2cc3c(cn2)cc(-c2cnn(C)c2)n3Cc2ccccc2)c1. The Kier molecular flexibility index (Phi) is 5.36. The molecule has 0 fully saturated rings. The molecule has 3 heterocycles. The molecule has 0 unspecified atom stereocenters. The Hall–Kier alpha value is -4.39. The second-order valence-corrected chi connectivity index (χ2v) is 8.02. The molecule has 33 heavy (non-hydrogen) atoms. The molecule has 2 N–H and O–H groups in total. The van der Waals surface area contributed by atoms with Gasteiger partial charge < -0.3 is 15.2 Å². The highest BCUT2D eigenvalue weighted by atomic mass is 16.1. The first-order valence-electron chi connectivity index (χ1n) is 10.7. The van der Waals surface area contributed by atoms with E-state index in [1.54, 1.807) is 0 Å². The van der Waals surface area contributed by atoms with Crippen molar-refractivity contribution in [2.24, 2.45) is 7.05 Å². The molecule has 164 valence electrons. The lowest BCUT2D eigenvalue weighted by molar-refractivity contribution is -0.114. The molecular formula is C26H24N6O. The minimum atomic E-state index is -0.103. The van der Waals surface area contributed by atoms with Crippen molar-refractivity contribution in [1.82, 2.24) is 19.3 Å². The van der Waals surface area contributed by atoms with Crippen LogP contribution in [-0.4, -0.2) is 25.2 Å². The number of hydrogen-bond donors (Lipinski definition) is 2. The quantitative estimate of drug-likeness (QED) is 0.384. The van der Waals surface area contributed by atoms with Crippen molar-refractivity contribution >= 4 is 34.0 Å². The average molecular weight is 437 g/mol. The van der Waals surface area contributed by atoms with Gasteiger partial charge in [0.15, 0.2) is 0 Å². The molecule has 0 radical (unpaired) electrons. The summed E-state index contributed by atoms with van der Waals surface area (Å²) < 4.78 is 4.11. The van der Waals surface area contributed by atoms with E-state index in [9.17, 15) is 4.79 Å². The van der Waals surface area contributed by atoms with Gasteiger partial charge in [0.05, 0.1) is 17.4 Å². The molecule has 0 aliphatic carbocycles. The first-order chi connectivity index (χ1) is 16.0. The number of rotatable bonds is 6. The second-order valence-electron chi connectivity index (χ2n) is 8.02. The summed E-state index contributed by atoms with van der Waals surface area (Å²) in [6, 6.07) is 22.2. The summed E-state index contributed by atoms with van der Waals surface area (Å²) in [7, 11) is 1.92. The van der Waals surface area contributed by atoms with E-state index in [1.807, 2.05) is 60.7 Å². The van der Waals surface area contributed by atoms with Gasteiger partial charge in [0.1, 0.15) is 5.82 Å². The van der Waals surface area contributed by atoms with Crippen molar-refractivity contribution in [3.05, 3.63) is 90.9 Å². The molecule has 5 aromatic rings. The summed E-state index contributed by atoms with van der Waals surface area (Å²) in [6.07, 6.45) is 5.79. The Morgan fingerprint density at radius 2 is 1.79 bits per heavy atom. The summed E-state index contributed by atoms with van der Waals surface area (Å²) in [5, 5.41) is 11.6. The van der Waals surface area contributed by atoms with Gasteiger partial charge in [-0.3, -0.25) is 9.48 Å². The highest BCUT2D eigenvalue weighted by molar-refractivity contribution is 5.90. The minimum Gasteiger partial charge on any atom is -0.340 e. The summed E-state index contributed by atoms with van der Waals surface area (Å²) in [5.74, 6) is 0.626. The zero-order valence-corrected chi connectivity index (χ0v) is 18.5. The first kappa shape index (κ1) is 20.5. The third kappa shape index (κ3) is 4.48. The largest absolute Gasteiger partial charge is 0.340 e. The fourth-order valence-electron chi connectivity index (χ4n) is 3.98. The highest BCUT2D eigenvalue weighted by Crippen LogP contribution is 2.31. The number of anilines is 3. The lowest BCUT2D eigenvalue weighted by Gasteiger charge is -2.12. The van der Waals surface area contributed by atoms with Crippen LogP contribution in [0.5, 0.6) is 0 Å². The zero-order chi connectivity index (χ0) is 22.8. The van der Waals surface area contributed by atoms with Gasteiger partial charge in [-0.05, 0) is 29.8 Å². The van der Waals surface area contributed by atoms with Gasteiger partial charge in [-0.15, -0.1) is 0 Å². The Balaban J connectivity index is 1.55. The number of fused-ring (bicyclic) bond motifs is 1. The van der Waals surface area contributed by atoms with Crippen molar-refractivity contribution in [3.8, 4) is 11.3 Å². The first-order valence-corrected chi connectivity index (χ1v) is 10.7.